The molecule has 0 spiro atoms. The first kappa shape index (κ1) is 14.2. The smallest absolute Gasteiger partial charge is 0.147 e. The second-order valence-corrected chi connectivity index (χ2v) is 5.74. The molecule has 0 aliphatic carbocycles. The monoisotopic (exact) mass is 408 g/mol. The van der Waals surface area contributed by atoms with E-state index in [1.165, 1.54) is 0 Å². The summed E-state index contributed by atoms with van der Waals surface area (Å²) in [5, 5.41) is 1.68. The summed E-state index contributed by atoms with van der Waals surface area (Å²) in [4.78, 5) is 0. The Balaban J connectivity index is 2.29. The van der Waals surface area contributed by atoms with Gasteiger partial charge < -0.3 is 4.74 Å². The van der Waals surface area contributed by atoms with Gasteiger partial charge in [-0.1, -0.05) is 67.2 Å². The second kappa shape index (κ2) is 6.29. The summed E-state index contributed by atoms with van der Waals surface area (Å²) in [6, 6.07) is 11.1. The molecule has 0 bridgehead atoms. The van der Waals surface area contributed by atoms with Crippen LogP contribution in [0.3, 0.4) is 0 Å². The van der Waals surface area contributed by atoms with Crippen molar-refractivity contribution in [2.75, 3.05) is 0 Å². The second-order valence-electron chi connectivity index (χ2n) is 3.54. The zero-order valence-electron chi connectivity index (χ0n) is 9.09. The summed E-state index contributed by atoms with van der Waals surface area (Å²) in [6.07, 6.45) is 0. The predicted octanol–water partition coefficient (Wildman–Crippen LogP) is 6.44. The molecule has 1 nitrogen and oxygen atoms in total. The Hall–Kier alpha value is -0.220. The van der Waals surface area contributed by atoms with Crippen LogP contribution in [0, 0.1) is 0 Å². The fourth-order valence-corrected chi connectivity index (χ4v) is 3.08. The van der Waals surface area contributed by atoms with Crippen molar-refractivity contribution < 1.29 is 4.74 Å². The Morgan fingerprint density at radius 3 is 2.56 bits per heavy atom. The van der Waals surface area contributed by atoms with Crippen LogP contribution in [0.2, 0.25) is 10.0 Å². The van der Waals surface area contributed by atoms with Gasteiger partial charge >= 0.3 is 0 Å². The Morgan fingerprint density at radius 2 is 1.89 bits per heavy atom. The standard InChI is InChI=1S/C13H8Br2Cl2O/c14-7-8-4-5-9(6-10(8)15)18-12-3-1-2-11(16)13(12)17/h1-6H,7H2. The van der Waals surface area contributed by atoms with Crippen LogP contribution < -0.4 is 4.74 Å². The average molecular weight is 411 g/mol. The molecule has 0 unspecified atom stereocenters. The van der Waals surface area contributed by atoms with E-state index in [0.29, 0.717) is 21.5 Å². The number of hydrogen-bond acceptors (Lipinski definition) is 1. The van der Waals surface area contributed by atoms with E-state index in [0.717, 1.165) is 15.4 Å². The molecular weight excluding hydrogens is 403 g/mol. The molecule has 0 aromatic heterocycles. The van der Waals surface area contributed by atoms with Gasteiger partial charge in [-0.05, 0) is 29.8 Å². The van der Waals surface area contributed by atoms with E-state index in [1.807, 2.05) is 18.2 Å². The molecule has 0 atom stereocenters. The van der Waals surface area contributed by atoms with Crippen molar-refractivity contribution in [3.63, 3.8) is 0 Å². The summed E-state index contributed by atoms with van der Waals surface area (Å²) in [6.45, 7) is 0. The van der Waals surface area contributed by atoms with Crippen LogP contribution in [0.1, 0.15) is 5.56 Å². The lowest BCUT2D eigenvalue weighted by atomic mass is 10.2. The quantitative estimate of drug-likeness (QED) is 0.529. The molecule has 0 aliphatic rings. The van der Waals surface area contributed by atoms with Gasteiger partial charge in [-0.2, -0.15) is 0 Å². The van der Waals surface area contributed by atoms with E-state index in [4.69, 9.17) is 27.9 Å². The number of alkyl halides is 1. The van der Waals surface area contributed by atoms with Gasteiger partial charge in [0.25, 0.3) is 0 Å². The van der Waals surface area contributed by atoms with E-state index < -0.39 is 0 Å². The highest BCUT2D eigenvalue weighted by atomic mass is 79.9. The first-order chi connectivity index (χ1) is 8.61. The highest BCUT2D eigenvalue weighted by Crippen LogP contribution is 2.35. The molecule has 0 radical (unpaired) electrons. The Morgan fingerprint density at radius 1 is 1.11 bits per heavy atom. The highest BCUT2D eigenvalue weighted by molar-refractivity contribution is 9.10. The zero-order chi connectivity index (χ0) is 13.1. The summed E-state index contributed by atoms with van der Waals surface area (Å²) >= 11 is 18.9. The normalized spacial score (nSPS) is 10.4. The van der Waals surface area contributed by atoms with Gasteiger partial charge in [0.2, 0.25) is 0 Å². The third-order valence-corrected chi connectivity index (χ3v) is 4.46. The van der Waals surface area contributed by atoms with Crippen LogP contribution in [0.4, 0.5) is 0 Å². The van der Waals surface area contributed by atoms with Crippen molar-refractivity contribution in [2.24, 2.45) is 0 Å². The molecule has 0 N–H and O–H groups in total. The van der Waals surface area contributed by atoms with Gasteiger partial charge in [0.05, 0.1) is 5.02 Å². The largest absolute Gasteiger partial charge is 0.456 e. The van der Waals surface area contributed by atoms with Gasteiger partial charge in [-0.3, -0.25) is 0 Å². The van der Waals surface area contributed by atoms with E-state index in [2.05, 4.69) is 31.9 Å². The minimum absolute atomic E-state index is 0.417. The molecule has 2 aromatic carbocycles. The van der Waals surface area contributed by atoms with E-state index in [9.17, 15) is 0 Å². The number of hydrogen-bond donors (Lipinski definition) is 0. The first-order valence-corrected chi connectivity index (χ1v) is 7.75. The van der Waals surface area contributed by atoms with Gasteiger partial charge in [0.15, 0.2) is 0 Å². The molecule has 0 saturated carbocycles. The van der Waals surface area contributed by atoms with Crippen molar-refractivity contribution in [3.05, 3.63) is 56.5 Å². The van der Waals surface area contributed by atoms with Gasteiger partial charge in [-0.15, -0.1) is 0 Å². The molecule has 0 aliphatic heterocycles. The molecular formula is C13H8Br2Cl2O. The summed E-state index contributed by atoms with van der Waals surface area (Å²) in [7, 11) is 0. The van der Waals surface area contributed by atoms with E-state index >= 15 is 0 Å². The number of ether oxygens (including phenoxy) is 1. The van der Waals surface area contributed by atoms with Crippen LogP contribution in [0.15, 0.2) is 40.9 Å². The fourth-order valence-electron chi connectivity index (χ4n) is 1.39. The summed E-state index contributed by atoms with van der Waals surface area (Å²) in [5.41, 5.74) is 1.15. The lowest BCUT2D eigenvalue weighted by Gasteiger charge is -2.09. The Labute approximate surface area is 132 Å². The van der Waals surface area contributed by atoms with Crippen LogP contribution >= 0.6 is 55.1 Å². The maximum atomic E-state index is 6.07. The summed E-state index contributed by atoms with van der Waals surface area (Å²) in [5.74, 6) is 1.25. The van der Waals surface area contributed by atoms with E-state index in [1.54, 1.807) is 18.2 Å². The molecule has 0 saturated heterocycles. The Bertz CT molecular complexity index is 573. The van der Waals surface area contributed by atoms with Gasteiger partial charge in [-0.25, -0.2) is 0 Å². The van der Waals surface area contributed by atoms with Gasteiger partial charge in [0, 0.05) is 9.80 Å². The summed E-state index contributed by atoms with van der Waals surface area (Å²) < 4.78 is 6.69. The molecule has 18 heavy (non-hydrogen) atoms. The average Bonchev–Trinajstić information content (AvgIpc) is 2.35. The third kappa shape index (κ3) is 3.21. The molecule has 0 amide bonds. The molecule has 2 rings (SSSR count). The zero-order valence-corrected chi connectivity index (χ0v) is 13.8. The van der Waals surface area contributed by atoms with Crippen molar-refractivity contribution in [1.29, 1.82) is 0 Å². The predicted molar refractivity (Wildman–Crippen MR) is 83.3 cm³/mol. The molecule has 0 fully saturated rings. The van der Waals surface area contributed by atoms with Gasteiger partial charge in [0.1, 0.15) is 16.5 Å². The number of benzene rings is 2. The maximum Gasteiger partial charge on any atom is 0.147 e. The van der Waals surface area contributed by atoms with Crippen molar-refractivity contribution in [3.8, 4) is 11.5 Å². The van der Waals surface area contributed by atoms with E-state index in [-0.39, 0.29) is 0 Å². The minimum atomic E-state index is 0.417. The molecule has 0 heterocycles. The lowest BCUT2D eigenvalue weighted by molar-refractivity contribution is 0.482. The van der Waals surface area contributed by atoms with Crippen LogP contribution in [-0.4, -0.2) is 0 Å². The maximum absolute atomic E-state index is 6.07. The molecule has 94 valence electrons. The van der Waals surface area contributed by atoms with Crippen molar-refractivity contribution in [2.45, 2.75) is 5.33 Å². The highest BCUT2D eigenvalue weighted by Gasteiger charge is 2.07. The molecule has 5 heteroatoms. The third-order valence-electron chi connectivity index (χ3n) is 2.31. The lowest BCUT2D eigenvalue weighted by Crippen LogP contribution is -1.87. The fraction of sp³-hybridized carbons (Fsp3) is 0.0769. The number of halogens is 4. The van der Waals surface area contributed by atoms with Crippen LogP contribution in [-0.2, 0) is 5.33 Å². The van der Waals surface area contributed by atoms with Crippen LogP contribution in [0.5, 0.6) is 11.5 Å². The minimum Gasteiger partial charge on any atom is -0.456 e. The van der Waals surface area contributed by atoms with Crippen LogP contribution in [0.25, 0.3) is 0 Å². The van der Waals surface area contributed by atoms with Crippen molar-refractivity contribution in [1.82, 2.24) is 0 Å². The SMILES string of the molecule is Clc1cccc(Oc2ccc(CBr)c(Br)c2)c1Cl. The molecule has 2 aromatic rings. The topological polar surface area (TPSA) is 9.23 Å². The Kier molecular flexibility index (Phi) is 4.96. The van der Waals surface area contributed by atoms with Crippen molar-refractivity contribution >= 4 is 55.1 Å². The first-order valence-electron chi connectivity index (χ1n) is 5.08. The number of rotatable bonds is 3.